The monoisotopic (exact) mass is 252 g/mol. The van der Waals surface area contributed by atoms with Gasteiger partial charge >= 0.3 is 0 Å². The summed E-state index contributed by atoms with van der Waals surface area (Å²) in [6, 6.07) is 6.67. The summed E-state index contributed by atoms with van der Waals surface area (Å²) in [5.41, 5.74) is 1.08. The van der Waals surface area contributed by atoms with Crippen LogP contribution in [0, 0.1) is 11.7 Å². The summed E-state index contributed by atoms with van der Waals surface area (Å²) < 4.78 is 12.8. The van der Waals surface area contributed by atoms with Crippen LogP contribution in [0.3, 0.4) is 0 Å². The number of rotatable bonds is 8. The molecule has 0 aliphatic heterocycles. The van der Waals surface area contributed by atoms with E-state index >= 15 is 0 Å². The lowest BCUT2D eigenvalue weighted by atomic mass is 10.2. The third-order valence-electron chi connectivity index (χ3n) is 2.92. The minimum atomic E-state index is -0.176. The lowest BCUT2D eigenvalue weighted by Gasteiger charge is -2.19. The van der Waals surface area contributed by atoms with Crippen molar-refractivity contribution in [2.75, 3.05) is 31.6 Å². The van der Waals surface area contributed by atoms with Crippen LogP contribution in [0.1, 0.15) is 26.7 Å². The number of benzene rings is 1. The lowest BCUT2D eigenvalue weighted by Crippen LogP contribution is -2.23. The van der Waals surface area contributed by atoms with E-state index in [4.69, 9.17) is 0 Å². The number of nitrogens with one attached hydrogen (secondary N) is 1. The zero-order chi connectivity index (χ0) is 13.4. The lowest BCUT2D eigenvalue weighted by molar-refractivity contribution is 0.535. The molecule has 0 saturated carbocycles. The molecular weight excluding hydrogens is 227 g/mol. The van der Waals surface area contributed by atoms with Crippen LogP contribution in [-0.4, -0.2) is 26.7 Å². The van der Waals surface area contributed by atoms with Crippen molar-refractivity contribution in [2.45, 2.75) is 26.7 Å². The van der Waals surface area contributed by atoms with Crippen molar-refractivity contribution in [3.63, 3.8) is 0 Å². The maximum Gasteiger partial charge on any atom is 0.123 e. The third-order valence-corrected chi connectivity index (χ3v) is 2.92. The number of hydrogen-bond acceptors (Lipinski definition) is 2. The first-order valence-electron chi connectivity index (χ1n) is 6.77. The molecule has 0 aliphatic rings. The van der Waals surface area contributed by atoms with Gasteiger partial charge in [0.05, 0.1) is 0 Å². The molecule has 0 saturated heterocycles. The number of anilines is 1. The maximum absolute atomic E-state index is 12.8. The van der Waals surface area contributed by atoms with Gasteiger partial charge in [0.2, 0.25) is 0 Å². The van der Waals surface area contributed by atoms with Crippen molar-refractivity contribution in [2.24, 2.45) is 5.92 Å². The Morgan fingerprint density at radius 2 is 1.83 bits per heavy atom. The molecule has 1 rings (SSSR count). The van der Waals surface area contributed by atoms with Crippen molar-refractivity contribution < 1.29 is 4.39 Å². The smallest absolute Gasteiger partial charge is 0.123 e. The summed E-state index contributed by atoms with van der Waals surface area (Å²) in [6.45, 7) is 7.61. The molecule has 0 spiro atoms. The standard InChI is InChI=1S/C15H25FN2/c1-13(2)12-17-10-4-5-11-18(3)15-8-6-14(16)7-9-15/h6-9,13,17H,4-5,10-12H2,1-3H3. The first-order chi connectivity index (χ1) is 8.59. The quantitative estimate of drug-likeness (QED) is 0.714. The molecule has 2 nitrogen and oxygen atoms in total. The second-order valence-corrected chi connectivity index (χ2v) is 5.20. The van der Waals surface area contributed by atoms with Gasteiger partial charge in [0.1, 0.15) is 5.82 Å². The number of hydrogen-bond donors (Lipinski definition) is 1. The normalized spacial score (nSPS) is 10.9. The SMILES string of the molecule is CC(C)CNCCCCN(C)c1ccc(F)cc1. The van der Waals surface area contributed by atoms with E-state index in [-0.39, 0.29) is 5.82 Å². The molecule has 0 amide bonds. The van der Waals surface area contributed by atoms with E-state index in [1.54, 1.807) is 0 Å². The Balaban J connectivity index is 2.13. The highest BCUT2D eigenvalue weighted by atomic mass is 19.1. The van der Waals surface area contributed by atoms with Crippen molar-refractivity contribution >= 4 is 5.69 Å². The number of nitrogens with zero attached hydrogens (tertiary/aromatic N) is 1. The van der Waals surface area contributed by atoms with E-state index in [0.29, 0.717) is 5.92 Å². The molecule has 0 fully saturated rings. The van der Waals surface area contributed by atoms with E-state index in [9.17, 15) is 4.39 Å². The van der Waals surface area contributed by atoms with Crippen LogP contribution in [-0.2, 0) is 0 Å². The average molecular weight is 252 g/mol. The molecule has 102 valence electrons. The Hall–Kier alpha value is -1.09. The Morgan fingerprint density at radius 1 is 1.17 bits per heavy atom. The molecule has 0 radical (unpaired) electrons. The van der Waals surface area contributed by atoms with Gasteiger partial charge in [0, 0.05) is 19.3 Å². The highest BCUT2D eigenvalue weighted by Gasteiger charge is 2.00. The zero-order valence-electron chi connectivity index (χ0n) is 11.7. The van der Waals surface area contributed by atoms with Gasteiger partial charge < -0.3 is 10.2 Å². The van der Waals surface area contributed by atoms with Crippen molar-refractivity contribution in [3.8, 4) is 0 Å². The van der Waals surface area contributed by atoms with Gasteiger partial charge in [-0.1, -0.05) is 13.8 Å². The molecule has 1 aromatic rings. The topological polar surface area (TPSA) is 15.3 Å². The number of unbranched alkanes of at least 4 members (excludes halogenated alkanes) is 1. The highest BCUT2D eigenvalue weighted by molar-refractivity contribution is 5.45. The molecule has 1 N–H and O–H groups in total. The molecule has 18 heavy (non-hydrogen) atoms. The zero-order valence-corrected chi connectivity index (χ0v) is 11.7. The van der Waals surface area contributed by atoms with E-state index < -0.39 is 0 Å². The molecule has 0 atom stereocenters. The fraction of sp³-hybridized carbons (Fsp3) is 0.600. The largest absolute Gasteiger partial charge is 0.375 e. The fourth-order valence-corrected chi connectivity index (χ4v) is 1.81. The van der Waals surface area contributed by atoms with Crippen LogP contribution in [0.25, 0.3) is 0 Å². The van der Waals surface area contributed by atoms with E-state index in [2.05, 4.69) is 31.1 Å². The molecule has 0 aliphatic carbocycles. The van der Waals surface area contributed by atoms with Crippen LogP contribution in [0.4, 0.5) is 10.1 Å². The van der Waals surface area contributed by atoms with Crippen molar-refractivity contribution in [1.29, 1.82) is 0 Å². The van der Waals surface area contributed by atoms with Crippen molar-refractivity contribution in [3.05, 3.63) is 30.1 Å². The van der Waals surface area contributed by atoms with Gasteiger partial charge in [-0.2, -0.15) is 0 Å². The van der Waals surface area contributed by atoms with Crippen LogP contribution >= 0.6 is 0 Å². The summed E-state index contributed by atoms with van der Waals surface area (Å²) in [5.74, 6) is 0.539. The summed E-state index contributed by atoms with van der Waals surface area (Å²) in [6.07, 6.45) is 2.33. The maximum atomic E-state index is 12.8. The first kappa shape index (κ1) is 15.0. The van der Waals surface area contributed by atoms with Crippen LogP contribution < -0.4 is 10.2 Å². The summed E-state index contributed by atoms with van der Waals surface area (Å²) in [5, 5.41) is 3.44. The Labute approximate surface area is 110 Å². The van der Waals surface area contributed by atoms with E-state index in [0.717, 1.165) is 31.7 Å². The number of halogens is 1. The molecule has 0 aromatic heterocycles. The summed E-state index contributed by atoms with van der Waals surface area (Å²) >= 11 is 0. The molecule has 0 bridgehead atoms. The molecule has 1 aromatic carbocycles. The van der Waals surface area contributed by atoms with Crippen LogP contribution in [0.5, 0.6) is 0 Å². The van der Waals surface area contributed by atoms with Crippen LogP contribution in [0.2, 0.25) is 0 Å². The van der Waals surface area contributed by atoms with Crippen molar-refractivity contribution in [1.82, 2.24) is 5.32 Å². The Kier molecular flexibility index (Phi) is 6.73. The van der Waals surface area contributed by atoms with Gasteiger partial charge in [-0.15, -0.1) is 0 Å². The second-order valence-electron chi connectivity index (χ2n) is 5.20. The van der Waals surface area contributed by atoms with E-state index in [1.807, 2.05) is 12.1 Å². The summed E-state index contributed by atoms with van der Waals surface area (Å²) in [4.78, 5) is 2.17. The second kappa shape index (κ2) is 8.09. The Bertz CT molecular complexity index is 322. The predicted molar refractivity (Wildman–Crippen MR) is 76.6 cm³/mol. The van der Waals surface area contributed by atoms with Gasteiger partial charge in [0.15, 0.2) is 0 Å². The van der Waals surface area contributed by atoms with Gasteiger partial charge in [-0.3, -0.25) is 0 Å². The predicted octanol–water partition coefficient (Wildman–Crippen LogP) is 3.29. The minimum absolute atomic E-state index is 0.176. The van der Waals surface area contributed by atoms with Gasteiger partial charge in [-0.05, 0) is 56.1 Å². The molecule has 3 heteroatoms. The average Bonchev–Trinajstić information content (AvgIpc) is 2.34. The van der Waals surface area contributed by atoms with Gasteiger partial charge in [0.25, 0.3) is 0 Å². The molecule has 0 heterocycles. The van der Waals surface area contributed by atoms with E-state index in [1.165, 1.54) is 18.6 Å². The first-order valence-corrected chi connectivity index (χ1v) is 6.77. The minimum Gasteiger partial charge on any atom is -0.375 e. The molecule has 0 unspecified atom stereocenters. The Morgan fingerprint density at radius 3 is 2.44 bits per heavy atom. The molecular formula is C15H25FN2. The highest BCUT2D eigenvalue weighted by Crippen LogP contribution is 2.13. The van der Waals surface area contributed by atoms with Gasteiger partial charge in [-0.25, -0.2) is 4.39 Å². The third kappa shape index (κ3) is 6.01. The van der Waals surface area contributed by atoms with Crippen LogP contribution in [0.15, 0.2) is 24.3 Å². The fourth-order valence-electron chi connectivity index (χ4n) is 1.81. The summed E-state index contributed by atoms with van der Waals surface area (Å²) in [7, 11) is 2.05.